The Morgan fingerprint density at radius 1 is 1.47 bits per heavy atom. The molecular weight excluding hydrogens is 256 g/mol. The van der Waals surface area contributed by atoms with Gasteiger partial charge in [-0.25, -0.2) is 4.98 Å². The average molecular weight is 282 g/mol. The zero-order chi connectivity index (χ0) is 13.8. The lowest BCUT2D eigenvalue weighted by molar-refractivity contribution is 0.199. The maximum atomic E-state index is 4.75. The Bertz CT molecular complexity index is 391. The summed E-state index contributed by atoms with van der Waals surface area (Å²) in [7, 11) is 0. The van der Waals surface area contributed by atoms with Crippen LogP contribution >= 0.6 is 11.3 Å². The lowest BCUT2D eigenvalue weighted by Gasteiger charge is -2.39. The first-order valence-corrected chi connectivity index (χ1v) is 8.15. The second-order valence-electron chi connectivity index (χ2n) is 5.58. The Morgan fingerprint density at radius 3 is 2.89 bits per heavy atom. The highest BCUT2D eigenvalue weighted by atomic mass is 32.1. The van der Waals surface area contributed by atoms with Crippen molar-refractivity contribution in [2.45, 2.75) is 46.3 Å². The van der Waals surface area contributed by atoms with Crippen molar-refractivity contribution in [2.75, 3.05) is 31.1 Å². The molecule has 1 saturated heterocycles. The summed E-state index contributed by atoms with van der Waals surface area (Å²) in [6, 6.07) is 1.14. The molecule has 1 unspecified atom stereocenters. The molecule has 0 amide bonds. The maximum Gasteiger partial charge on any atom is 0.185 e. The third-order valence-electron chi connectivity index (χ3n) is 3.67. The van der Waals surface area contributed by atoms with Gasteiger partial charge in [0, 0.05) is 43.6 Å². The van der Waals surface area contributed by atoms with Gasteiger partial charge in [-0.3, -0.25) is 4.90 Å². The molecule has 4 nitrogen and oxygen atoms in total. The molecule has 0 aliphatic carbocycles. The number of hydrogen-bond acceptors (Lipinski definition) is 5. The molecule has 108 valence electrons. The van der Waals surface area contributed by atoms with Crippen molar-refractivity contribution in [3.63, 3.8) is 0 Å². The number of anilines is 1. The van der Waals surface area contributed by atoms with Crippen LogP contribution in [-0.2, 0) is 6.54 Å². The minimum absolute atomic E-state index is 0.512. The van der Waals surface area contributed by atoms with Gasteiger partial charge in [0.15, 0.2) is 5.13 Å². The molecule has 1 aromatic rings. The Kier molecular flexibility index (Phi) is 5.19. The molecule has 0 bridgehead atoms. The van der Waals surface area contributed by atoms with Gasteiger partial charge in [-0.1, -0.05) is 20.8 Å². The molecule has 0 aromatic carbocycles. The number of nitrogens with one attached hydrogen (secondary N) is 1. The van der Waals surface area contributed by atoms with Gasteiger partial charge in [-0.2, -0.15) is 0 Å². The van der Waals surface area contributed by atoms with Crippen molar-refractivity contribution in [3.05, 3.63) is 11.1 Å². The number of hydrogen-bond donors (Lipinski definition) is 1. The minimum Gasteiger partial charge on any atom is -0.345 e. The molecule has 1 fully saturated rings. The number of piperazine rings is 1. The van der Waals surface area contributed by atoms with Gasteiger partial charge in [0.2, 0.25) is 0 Å². The van der Waals surface area contributed by atoms with Crippen LogP contribution in [0.1, 0.15) is 33.4 Å². The van der Waals surface area contributed by atoms with Gasteiger partial charge in [0.1, 0.15) is 0 Å². The summed E-state index contributed by atoms with van der Waals surface area (Å²) in [5, 5.41) is 6.79. The van der Waals surface area contributed by atoms with Crippen LogP contribution in [-0.4, -0.2) is 48.1 Å². The van der Waals surface area contributed by atoms with Gasteiger partial charge in [-0.05, 0) is 13.5 Å². The molecule has 1 N–H and O–H groups in total. The molecule has 5 heteroatoms. The van der Waals surface area contributed by atoms with E-state index in [0.29, 0.717) is 12.1 Å². The molecule has 1 aromatic heterocycles. The van der Waals surface area contributed by atoms with Gasteiger partial charge in [0.25, 0.3) is 0 Å². The van der Waals surface area contributed by atoms with Crippen molar-refractivity contribution >= 4 is 16.5 Å². The number of aromatic nitrogens is 1. The van der Waals surface area contributed by atoms with Crippen LogP contribution < -0.4 is 10.2 Å². The van der Waals surface area contributed by atoms with Crippen molar-refractivity contribution in [2.24, 2.45) is 0 Å². The van der Waals surface area contributed by atoms with Crippen molar-refractivity contribution in [3.8, 4) is 0 Å². The van der Waals surface area contributed by atoms with Crippen LogP contribution in [0, 0.1) is 0 Å². The van der Waals surface area contributed by atoms with Crippen molar-refractivity contribution in [1.82, 2.24) is 15.2 Å². The fourth-order valence-electron chi connectivity index (χ4n) is 2.47. The van der Waals surface area contributed by atoms with E-state index in [1.165, 1.54) is 10.8 Å². The standard InChI is InChI=1S/C14H26N4S/c1-5-17-6-7-18(9-12(17)4)14-16-13(10-19-14)8-15-11(2)3/h10-12,15H,5-9H2,1-4H3. The van der Waals surface area contributed by atoms with E-state index in [4.69, 9.17) is 4.98 Å². The third-order valence-corrected chi connectivity index (χ3v) is 4.62. The molecule has 1 aliphatic rings. The SMILES string of the molecule is CCN1CCN(c2nc(CNC(C)C)cs2)CC1C. The second kappa shape index (κ2) is 6.68. The summed E-state index contributed by atoms with van der Waals surface area (Å²) in [5.41, 5.74) is 1.17. The highest BCUT2D eigenvalue weighted by molar-refractivity contribution is 7.13. The first-order valence-electron chi connectivity index (χ1n) is 7.27. The molecule has 0 saturated carbocycles. The average Bonchev–Trinajstić information content (AvgIpc) is 2.85. The number of rotatable bonds is 5. The third kappa shape index (κ3) is 3.91. The Morgan fingerprint density at radius 2 is 2.26 bits per heavy atom. The highest BCUT2D eigenvalue weighted by Crippen LogP contribution is 2.23. The topological polar surface area (TPSA) is 31.4 Å². The molecular formula is C14H26N4S. The van der Waals surface area contributed by atoms with Crippen LogP contribution in [0.4, 0.5) is 5.13 Å². The number of likely N-dealkylation sites (N-methyl/N-ethyl adjacent to an activating group) is 1. The van der Waals surface area contributed by atoms with Crippen molar-refractivity contribution < 1.29 is 0 Å². The summed E-state index contributed by atoms with van der Waals surface area (Å²) in [4.78, 5) is 9.72. The number of thiazole rings is 1. The first-order chi connectivity index (χ1) is 9.10. The summed E-state index contributed by atoms with van der Waals surface area (Å²) in [6.07, 6.45) is 0. The summed E-state index contributed by atoms with van der Waals surface area (Å²) in [6.45, 7) is 14.3. The van der Waals surface area contributed by atoms with Crippen molar-refractivity contribution in [1.29, 1.82) is 0 Å². The van der Waals surface area contributed by atoms with Gasteiger partial charge >= 0.3 is 0 Å². The molecule has 2 rings (SSSR count). The van der Waals surface area contributed by atoms with E-state index in [1.54, 1.807) is 11.3 Å². The quantitative estimate of drug-likeness (QED) is 0.897. The van der Waals surface area contributed by atoms with E-state index in [-0.39, 0.29) is 0 Å². The smallest absolute Gasteiger partial charge is 0.185 e. The molecule has 1 atom stereocenters. The van der Waals surface area contributed by atoms with Crippen LogP contribution in [0.3, 0.4) is 0 Å². The Balaban J connectivity index is 1.92. The second-order valence-corrected chi connectivity index (χ2v) is 6.42. The predicted octanol–water partition coefficient (Wildman–Crippen LogP) is 2.17. The van der Waals surface area contributed by atoms with E-state index in [0.717, 1.165) is 32.7 Å². The monoisotopic (exact) mass is 282 g/mol. The fourth-order valence-corrected chi connectivity index (χ4v) is 3.33. The summed E-state index contributed by atoms with van der Waals surface area (Å²) < 4.78 is 0. The minimum atomic E-state index is 0.512. The summed E-state index contributed by atoms with van der Waals surface area (Å²) in [5.74, 6) is 0. The number of nitrogens with zero attached hydrogens (tertiary/aromatic N) is 3. The zero-order valence-corrected chi connectivity index (χ0v) is 13.3. The fraction of sp³-hybridized carbons (Fsp3) is 0.786. The van der Waals surface area contributed by atoms with E-state index in [1.807, 2.05) is 0 Å². The van der Waals surface area contributed by atoms with E-state index < -0.39 is 0 Å². The van der Waals surface area contributed by atoms with Crippen LogP contribution in [0.25, 0.3) is 0 Å². The highest BCUT2D eigenvalue weighted by Gasteiger charge is 2.24. The lowest BCUT2D eigenvalue weighted by atomic mass is 10.2. The Labute approximate surface area is 120 Å². The first kappa shape index (κ1) is 14.8. The van der Waals surface area contributed by atoms with E-state index in [9.17, 15) is 0 Å². The maximum absolute atomic E-state index is 4.75. The molecule has 0 radical (unpaired) electrons. The predicted molar refractivity (Wildman–Crippen MR) is 83.0 cm³/mol. The molecule has 1 aliphatic heterocycles. The van der Waals surface area contributed by atoms with E-state index >= 15 is 0 Å². The van der Waals surface area contributed by atoms with Crippen LogP contribution in [0.15, 0.2) is 5.38 Å². The Hall–Kier alpha value is -0.650. The lowest BCUT2D eigenvalue weighted by Crippen LogP contribution is -2.51. The summed E-state index contributed by atoms with van der Waals surface area (Å²) >= 11 is 1.77. The molecule has 19 heavy (non-hydrogen) atoms. The largest absolute Gasteiger partial charge is 0.345 e. The van der Waals surface area contributed by atoms with Crippen LogP contribution in [0.5, 0.6) is 0 Å². The van der Waals surface area contributed by atoms with Gasteiger partial charge in [-0.15, -0.1) is 11.3 Å². The normalized spacial score (nSPS) is 21.3. The van der Waals surface area contributed by atoms with Crippen LogP contribution in [0.2, 0.25) is 0 Å². The van der Waals surface area contributed by atoms with Gasteiger partial charge in [0.05, 0.1) is 5.69 Å². The molecule has 2 heterocycles. The van der Waals surface area contributed by atoms with Gasteiger partial charge < -0.3 is 10.2 Å². The molecule has 0 spiro atoms. The van der Waals surface area contributed by atoms with E-state index in [2.05, 4.69) is 48.2 Å². The zero-order valence-electron chi connectivity index (χ0n) is 12.5.